The van der Waals surface area contributed by atoms with E-state index in [0.29, 0.717) is 0 Å². The van der Waals surface area contributed by atoms with Crippen molar-refractivity contribution < 1.29 is 0 Å². The fourth-order valence-electron chi connectivity index (χ4n) is 6.56. The molecule has 0 saturated heterocycles. The van der Waals surface area contributed by atoms with Crippen LogP contribution in [0.1, 0.15) is 6.42 Å². The number of anilines is 5. The first-order chi connectivity index (χ1) is 19.9. The molecule has 5 aromatic carbocycles. The van der Waals surface area contributed by atoms with Crippen molar-refractivity contribution in [3.8, 4) is 11.1 Å². The second-order valence-corrected chi connectivity index (χ2v) is 10.5. The highest BCUT2D eigenvalue weighted by atomic mass is 15.2. The molecule has 0 fully saturated rings. The van der Waals surface area contributed by atoms with E-state index >= 15 is 0 Å². The van der Waals surface area contributed by atoms with E-state index in [0.717, 1.165) is 6.42 Å². The van der Waals surface area contributed by atoms with Crippen LogP contribution in [0.25, 0.3) is 11.1 Å². The Morgan fingerprint density at radius 3 is 1.85 bits per heavy atom. The highest BCUT2D eigenvalue weighted by Gasteiger charge is 2.43. The first kappa shape index (κ1) is 22.9. The Morgan fingerprint density at radius 2 is 1.12 bits per heavy atom. The summed E-state index contributed by atoms with van der Waals surface area (Å²) in [6.45, 7) is 0.145. The van der Waals surface area contributed by atoms with E-state index in [4.69, 9.17) is 0 Å². The summed E-state index contributed by atoms with van der Waals surface area (Å²) >= 11 is 0. The molecular weight excluding hydrogens is 483 g/mol. The van der Waals surface area contributed by atoms with Crippen LogP contribution in [0.15, 0.2) is 157 Å². The lowest BCUT2D eigenvalue weighted by Crippen LogP contribution is -2.61. The molecule has 0 unspecified atom stereocenters. The Balaban J connectivity index is 1.50. The van der Waals surface area contributed by atoms with Gasteiger partial charge in [0.15, 0.2) is 0 Å². The summed E-state index contributed by atoms with van der Waals surface area (Å²) in [5.74, 6) is 0. The van der Waals surface area contributed by atoms with E-state index in [9.17, 15) is 0 Å². The number of allylic oxidation sites excluding steroid dienone is 5. The van der Waals surface area contributed by atoms with Crippen molar-refractivity contribution in [3.63, 3.8) is 0 Å². The zero-order chi connectivity index (χ0) is 26.5. The Morgan fingerprint density at radius 1 is 0.525 bits per heavy atom. The lowest BCUT2D eigenvalue weighted by Gasteiger charge is -2.44. The SMILES string of the molecule is C1=CCC=C(N2c3ccccc3B3c4ccccc4N(c4ccccc4)c4cc(-c5ccccc5)cc2c43)C=C1. The lowest BCUT2D eigenvalue weighted by atomic mass is 9.33. The van der Waals surface area contributed by atoms with Crippen LogP contribution in [-0.2, 0) is 0 Å². The van der Waals surface area contributed by atoms with Gasteiger partial charge in [-0.15, -0.1) is 0 Å². The van der Waals surface area contributed by atoms with Crippen molar-refractivity contribution in [1.29, 1.82) is 0 Å². The lowest BCUT2D eigenvalue weighted by molar-refractivity contribution is 1.18. The van der Waals surface area contributed by atoms with Crippen LogP contribution in [0.5, 0.6) is 0 Å². The maximum Gasteiger partial charge on any atom is 0.252 e. The maximum atomic E-state index is 2.48. The van der Waals surface area contributed by atoms with Crippen LogP contribution in [0.4, 0.5) is 28.4 Å². The summed E-state index contributed by atoms with van der Waals surface area (Å²) < 4.78 is 0. The Labute approximate surface area is 235 Å². The molecule has 188 valence electrons. The molecule has 0 N–H and O–H groups in total. The summed E-state index contributed by atoms with van der Waals surface area (Å²) in [5.41, 5.74) is 13.8. The average Bonchev–Trinajstić information content (AvgIpc) is 3.31. The Hall–Kier alpha value is -5.02. The molecule has 3 aliphatic rings. The second kappa shape index (κ2) is 9.32. The highest BCUT2D eigenvalue weighted by Crippen LogP contribution is 2.44. The standard InChI is InChI=1S/C37H27BN2/c1-2-8-18-29(17-7-1)39-33-23-13-11-21-31(33)38-32-22-12-14-24-34(32)40(30-19-9-4-10-20-30)36-26-28(25-35(39)37(36)38)27-15-5-3-6-16-27/h1-7,9-26H,8H2. The van der Waals surface area contributed by atoms with Gasteiger partial charge in [-0.2, -0.15) is 0 Å². The minimum absolute atomic E-state index is 0.145. The van der Waals surface area contributed by atoms with E-state index in [1.807, 2.05) is 0 Å². The number of hydrogen-bond donors (Lipinski definition) is 0. The largest absolute Gasteiger partial charge is 0.312 e. The number of benzene rings is 5. The molecule has 5 aromatic rings. The van der Waals surface area contributed by atoms with E-state index in [1.54, 1.807) is 0 Å². The molecule has 40 heavy (non-hydrogen) atoms. The number of fused-ring (bicyclic) bond motifs is 4. The molecule has 0 bridgehead atoms. The molecule has 2 nitrogen and oxygen atoms in total. The first-order valence-corrected chi connectivity index (χ1v) is 14.0. The van der Waals surface area contributed by atoms with Gasteiger partial charge in [0.05, 0.1) is 0 Å². The molecule has 0 atom stereocenters. The minimum Gasteiger partial charge on any atom is -0.312 e. The van der Waals surface area contributed by atoms with Gasteiger partial charge < -0.3 is 9.80 Å². The number of hydrogen-bond acceptors (Lipinski definition) is 2. The van der Waals surface area contributed by atoms with Crippen molar-refractivity contribution in [2.24, 2.45) is 0 Å². The van der Waals surface area contributed by atoms with Gasteiger partial charge in [-0.25, -0.2) is 0 Å². The summed E-state index contributed by atoms with van der Waals surface area (Å²) in [6.07, 6.45) is 12.0. The minimum atomic E-state index is 0.145. The first-order valence-electron chi connectivity index (χ1n) is 14.0. The van der Waals surface area contributed by atoms with Crippen LogP contribution in [0, 0.1) is 0 Å². The Kier molecular flexibility index (Phi) is 5.34. The maximum absolute atomic E-state index is 2.48. The average molecular weight is 510 g/mol. The topological polar surface area (TPSA) is 6.48 Å². The van der Waals surface area contributed by atoms with Crippen LogP contribution in [-0.4, -0.2) is 6.71 Å². The monoisotopic (exact) mass is 510 g/mol. The summed E-state index contributed by atoms with van der Waals surface area (Å²) in [5, 5.41) is 0. The third kappa shape index (κ3) is 3.51. The third-order valence-electron chi connectivity index (χ3n) is 8.24. The quantitative estimate of drug-likeness (QED) is 0.228. The van der Waals surface area contributed by atoms with Crippen molar-refractivity contribution in [3.05, 3.63) is 157 Å². The Bertz CT molecular complexity index is 1840. The van der Waals surface area contributed by atoms with Crippen molar-refractivity contribution in [1.82, 2.24) is 0 Å². The van der Waals surface area contributed by atoms with Gasteiger partial charge in [-0.3, -0.25) is 0 Å². The van der Waals surface area contributed by atoms with Crippen molar-refractivity contribution in [2.45, 2.75) is 6.42 Å². The number of rotatable bonds is 3. The molecule has 2 heterocycles. The van der Waals surface area contributed by atoms with Gasteiger partial charge in [-0.05, 0) is 76.4 Å². The zero-order valence-electron chi connectivity index (χ0n) is 22.1. The molecule has 8 rings (SSSR count). The molecular formula is C37H27BN2. The van der Waals surface area contributed by atoms with E-state index in [-0.39, 0.29) is 6.71 Å². The van der Waals surface area contributed by atoms with Crippen LogP contribution >= 0.6 is 0 Å². The third-order valence-corrected chi connectivity index (χ3v) is 8.24. The fraction of sp³-hybridized carbons (Fsp3) is 0.0270. The van der Waals surface area contributed by atoms with E-state index < -0.39 is 0 Å². The molecule has 3 heteroatoms. The van der Waals surface area contributed by atoms with Gasteiger partial charge in [-0.1, -0.05) is 109 Å². The predicted molar refractivity (Wildman–Crippen MR) is 171 cm³/mol. The van der Waals surface area contributed by atoms with Crippen molar-refractivity contribution >= 4 is 51.5 Å². The van der Waals surface area contributed by atoms with Crippen LogP contribution in [0.3, 0.4) is 0 Å². The number of para-hydroxylation sites is 3. The summed E-state index contributed by atoms with van der Waals surface area (Å²) in [4.78, 5) is 4.94. The molecule has 0 saturated carbocycles. The van der Waals surface area contributed by atoms with Crippen LogP contribution < -0.4 is 26.2 Å². The van der Waals surface area contributed by atoms with Gasteiger partial charge in [0.1, 0.15) is 0 Å². The van der Waals surface area contributed by atoms with Crippen LogP contribution in [0.2, 0.25) is 0 Å². The normalized spacial score (nSPS) is 14.7. The number of nitrogens with zero attached hydrogens (tertiary/aromatic N) is 2. The predicted octanol–water partition coefficient (Wildman–Crippen LogP) is 7.50. The highest BCUT2D eigenvalue weighted by molar-refractivity contribution is 7.00. The van der Waals surface area contributed by atoms with Crippen molar-refractivity contribution in [2.75, 3.05) is 9.80 Å². The second-order valence-electron chi connectivity index (χ2n) is 10.5. The smallest absolute Gasteiger partial charge is 0.252 e. The summed E-state index contributed by atoms with van der Waals surface area (Å²) in [7, 11) is 0. The molecule has 0 aromatic heterocycles. The molecule has 0 radical (unpaired) electrons. The molecule has 0 spiro atoms. The van der Waals surface area contributed by atoms with Gasteiger partial charge in [0, 0.05) is 34.1 Å². The molecule has 1 aliphatic carbocycles. The zero-order valence-corrected chi connectivity index (χ0v) is 22.1. The molecule has 2 aliphatic heterocycles. The van der Waals surface area contributed by atoms with Gasteiger partial charge in [0.2, 0.25) is 0 Å². The van der Waals surface area contributed by atoms with Gasteiger partial charge in [0.25, 0.3) is 6.71 Å². The summed E-state index contributed by atoms with van der Waals surface area (Å²) in [6, 6.07) is 44.3. The van der Waals surface area contributed by atoms with Gasteiger partial charge >= 0.3 is 0 Å². The fourth-order valence-corrected chi connectivity index (χ4v) is 6.56. The van der Waals surface area contributed by atoms with E-state index in [1.165, 1.54) is 61.6 Å². The molecule has 0 amide bonds. The van der Waals surface area contributed by atoms with E-state index in [2.05, 4.69) is 162 Å².